The number of carbonyl (C=O) groups excluding carboxylic acids is 1. The van der Waals surface area contributed by atoms with Crippen LogP contribution >= 0.6 is 22.9 Å². The van der Waals surface area contributed by atoms with Crippen LogP contribution in [0.5, 0.6) is 5.75 Å². The number of rotatable bonds is 6. The second kappa shape index (κ2) is 9.29. The zero-order chi connectivity index (χ0) is 23.7. The zero-order valence-corrected chi connectivity index (χ0v) is 20.2. The molecule has 0 saturated heterocycles. The highest BCUT2D eigenvalue weighted by molar-refractivity contribution is 7.21. The number of carbonyl (C=O) groups is 1. The number of thiazole rings is 1. The topological polar surface area (TPSA) is 69.0 Å². The minimum atomic E-state index is -0.288. The molecular weight excluding hydrogens is 468 g/mol. The summed E-state index contributed by atoms with van der Waals surface area (Å²) >= 11 is 7.70. The maximum atomic E-state index is 12.6. The van der Waals surface area contributed by atoms with Crippen LogP contribution < -0.4 is 10.1 Å². The summed E-state index contributed by atoms with van der Waals surface area (Å²) in [5, 5.41) is 8.83. The molecule has 8 heteroatoms. The number of nitrogens with zero attached hydrogens (tertiary/aromatic N) is 3. The molecule has 0 bridgehead atoms. The van der Waals surface area contributed by atoms with Crippen molar-refractivity contribution in [1.82, 2.24) is 14.8 Å². The van der Waals surface area contributed by atoms with E-state index in [-0.39, 0.29) is 12.6 Å². The largest absolute Gasteiger partial charge is 0.471 e. The average Bonchev–Trinajstić information content (AvgIpc) is 3.47. The molecule has 0 spiro atoms. The number of halogens is 1. The van der Waals surface area contributed by atoms with Crippen LogP contribution in [-0.4, -0.2) is 20.7 Å². The molecule has 6 nitrogen and oxygen atoms in total. The maximum Gasteiger partial charge on any atom is 0.276 e. The number of hydrogen-bond acceptors (Lipinski definition) is 5. The Morgan fingerprint density at radius 1 is 1.06 bits per heavy atom. The van der Waals surface area contributed by atoms with Gasteiger partial charge < -0.3 is 10.1 Å². The van der Waals surface area contributed by atoms with E-state index in [1.54, 1.807) is 40.4 Å². The number of nitrogens with one attached hydrogen (secondary N) is 1. The Hall–Kier alpha value is -3.68. The van der Waals surface area contributed by atoms with Gasteiger partial charge in [0.25, 0.3) is 5.91 Å². The lowest BCUT2D eigenvalue weighted by Crippen LogP contribution is -2.14. The van der Waals surface area contributed by atoms with Crippen LogP contribution in [0.25, 0.3) is 20.8 Å². The molecule has 0 aliphatic rings. The van der Waals surface area contributed by atoms with Crippen molar-refractivity contribution in [2.75, 3.05) is 5.32 Å². The number of hydrogen-bond donors (Lipinski definition) is 1. The van der Waals surface area contributed by atoms with Gasteiger partial charge in [0.05, 0.1) is 10.2 Å². The number of fused-ring (bicyclic) bond motifs is 1. The molecule has 5 rings (SSSR count). The molecule has 3 aromatic carbocycles. The Morgan fingerprint density at radius 3 is 2.68 bits per heavy atom. The van der Waals surface area contributed by atoms with E-state index in [2.05, 4.69) is 29.5 Å². The normalized spacial score (nSPS) is 11.0. The Labute approximate surface area is 205 Å². The lowest BCUT2D eigenvalue weighted by molar-refractivity contribution is 0.102. The highest BCUT2D eigenvalue weighted by Gasteiger charge is 2.11. The number of anilines is 1. The van der Waals surface area contributed by atoms with Gasteiger partial charge in [-0.2, -0.15) is 5.10 Å². The van der Waals surface area contributed by atoms with Crippen molar-refractivity contribution in [3.8, 4) is 16.3 Å². The van der Waals surface area contributed by atoms with Crippen LogP contribution in [0.3, 0.4) is 0 Å². The van der Waals surface area contributed by atoms with E-state index < -0.39 is 0 Å². The highest BCUT2D eigenvalue weighted by atomic mass is 35.5. The molecule has 0 saturated carbocycles. The van der Waals surface area contributed by atoms with Crippen molar-refractivity contribution in [2.24, 2.45) is 0 Å². The molecule has 1 N–H and O–H groups in total. The van der Waals surface area contributed by atoms with Gasteiger partial charge in [0.15, 0.2) is 12.4 Å². The van der Waals surface area contributed by atoms with Crippen LogP contribution in [0.15, 0.2) is 72.9 Å². The Bertz CT molecular complexity index is 1490. The van der Waals surface area contributed by atoms with Crippen molar-refractivity contribution in [3.63, 3.8) is 0 Å². The van der Waals surface area contributed by atoms with Crippen LogP contribution in [0.2, 0.25) is 5.02 Å². The fourth-order valence-corrected chi connectivity index (χ4v) is 4.64. The van der Waals surface area contributed by atoms with Gasteiger partial charge in [0.1, 0.15) is 10.8 Å². The summed E-state index contributed by atoms with van der Waals surface area (Å²) in [7, 11) is 0. The second-order valence-corrected chi connectivity index (χ2v) is 9.38. The minimum Gasteiger partial charge on any atom is -0.471 e. The quantitative estimate of drug-likeness (QED) is 0.288. The lowest BCUT2D eigenvalue weighted by atomic mass is 10.2. The highest BCUT2D eigenvalue weighted by Crippen LogP contribution is 2.31. The van der Waals surface area contributed by atoms with Gasteiger partial charge in [-0.1, -0.05) is 17.7 Å². The third kappa shape index (κ3) is 4.81. The van der Waals surface area contributed by atoms with E-state index >= 15 is 0 Å². The summed E-state index contributed by atoms with van der Waals surface area (Å²) in [6, 6.07) is 21.0. The molecule has 2 heterocycles. The average molecular weight is 489 g/mol. The van der Waals surface area contributed by atoms with Gasteiger partial charge in [0.2, 0.25) is 0 Å². The van der Waals surface area contributed by atoms with Crippen molar-refractivity contribution in [1.29, 1.82) is 0 Å². The Morgan fingerprint density at radius 2 is 1.88 bits per heavy atom. The van der Waals surface area contributed by atoms with Gasteiger partial charge >= 0.3 is 0 Å². The number of aryl methyl sites for hydroxylation is 2. The first-order chi connectivity index (χ1) is 16.4. The third-order valence-corrected chi connectivity index (χ3v) is 6.79. The van der Waals surface area contributed by atoms with Gasteiger partial charge in [-0.3, -0.25) is 4.79 Å². The summed E-state index contributed by atoms with van der Waals surface area (Å²) in [6.07, 6.45) is 1.70. The molecule has 0 fully saturated rings. The molecule has 0 atom stereocenters. The van der Waals surface area contributed by atoms with E-state index in [9.17, 15) is 4.79 Å². The zero-order valence-electron chi connectivity index (χ0n) is 18.6. The fraction of sp³-hybridized carbons (Fsp3) is 0.115. The summed E-state index contributed by atoms with van der Waals surface area (Å²) < 4.78 is 8.46. The first kappa shape index (κ1) is 22.1. The van der Waals surface area contributed by atoms with E-state index in [4.69, 9.17) is 21.3 Å². The van der Waals surface area contributed by atoms with Crippen molar-refractivity contribution >= 4 is 44.7 Å². The molecule has 2 aromatic heterocycles. The van der Waals surface area contributed by atoms with Crippen LogP contribution in [0, 0.1) is 13.8 Å². The smallest absolute Gasteiger partial charge is 0.276 e. The fourth-order valence-electron chi connectivity index (χ4n) is 3.45. The van der Waals surface area contributed by atoms with Crippen molar-refractivity contribution < 1.29 is 9.53 Å². The van der Waals surface area contributed by atoms with Gasteiger partial charge in [-0.25, -0.2) is 9.67 Å². The lowest BCUT2D eigenvalue weighted by Gasteiger charge is -2.08. The number of aromatic nitrogens is 3. The maximum absolute atomic E-state index is 12.6. The number of benzene rings is 3. The molecule has 0 unspecified atom stereocenters. The standard InChI is InChI=1S/C26H21ClN4O2S/c1-16-3-10-22-24(13-16)34-26(29-22)18-4-6-19(7-5-18)28-25(32)23-11-12-31(30-23)15-33-20-8-9-21(27)17(2)14-20/h3-14H,15H2,1-2H3,(H,28,32). The molecule has 0 aliphatic heterocycles. The molecule has 34 heavy (non-hydrogen) atoms. The second-order valence-electron chi connectivity index (χ2n) is 7.95. The number of amides is 1. The van der Waals surface area contributed by atoms with Crippen molar-refractivity contribution in [2.45, 2.75) is 20.6 Å². The van der Waals surface area contributed by atoms with Crippen LogP contribution in [0.4, 0.5) is 5.69 Å². The Balaban J connectivity index is 1.22. The van der Waals surface area contributed by atoms with E-state index in [0.29, 0.717) is 22.2 Å². The molecule has 0 aliphatic carbocycles. The molecule has 170 valence electrons. The first-order valence-corrected chi connectivity index (χ1v) is 11.9. The van der Waals surface area contributed by atoms with Gasteiger partial charge in [-0.05, 0) is 85.6 Å². The molecule has 1 amide bonds. The Kier molecular flexibility index (Phi) is 6.04. The molecule has 0 radical (unpaired) electrons. The van der Waals surface area contributed by atoms with Crippen molar-refractivity contribution in [3.05, 3.63) is 94.8 Å². The van der Waals surface area contributed by atoms with E-state index in [1.807, 2.05) is 43.3 Å². The first-order valence-electron chi connectivity index (χ1n) is 10.7. The molecular formula is C26H21ClN4O2S. The summed E-state index contributed by atoms with van der Waals surface area (Å²) in [5.41, 5.74) is 5.15. The summed E-state index contributed by atoms with van der Waals surface area (Å²) in [4.78, 5) is 17.3. The van der Waals surface area contributed by atoms with Gasteiger partial charge in [-0.15, -0.1) is 11.3 Å². The monoisotopic (exact) mass is 488 g/mol. The van der Waals surface area contributed by atoms with Gasteiger partial charge in [0, 0.05) is 22.5 Å². The summed E-state index contributed by atoms with van der Waals surface area (Å²) in [5.74, 6) is 0.399. The molecule has 5 aromatic rings. The minimum absolute atomic E-state index is 0.185. The third-order valence-electron chi connectivity index (χ3n) is 5.30. The van der Waals surface area contributed by atoms with E-state index in [1.165, 1.54) is 5.56 Å². The van der Waals surface area contributed by atoms with Crippen LogP contribution in [-0.2, 0) is 6.73 Å². The van der Waals surface area contributed by atoms with Crippen LogP contribution in [0.1, 0.15) is 21.6 Å². The summed E-state index contributed by atoms with van der Waals surface area (Å²) in [6.45, 7) is 4.18. The predicted octanol–water partition coefficient (Wildman–Crippen LogP) is 6.72. The predicted molar refractivity (Wildman–Crippen MR) is 137 cm³/mol. The van der Waals surface area contributed by atoms with E-state index in [0.717, 1.165) is 26.4 Å². The SMILES string of the molecule is Cc1ccc2nc(-c3ccc(NC(=O)c4ccn(COc5ccc(Cl)c(C)c5)n4)cc3)sc2c1. The number of ether oxygens (including phenoxy) is 1.